The van der Waals surface area contributed by atoms with Crippen LogP contribution in [0.5, 0.6) is 0 Å². The number of carbonyl (C=O) groups excluding carboxylic acids is 2. The van der Waals surface area contributed by atoms with Gasteiger partial charge in [-0.25, -0.2) is 10.5 Å². The number of hydrogen-bond donors (Lipinski definition) is 2. The molecule has 2 aromatic carbocycles. The van der Waals surface area contributed by atoms with Crippen molar-refractivity contribution in [3.8, 4) is 11.1 Å². The summed E-state index contributed by atoms with van der Waals surface area (Å²) in [5, 5.41) is 8.90. The fourth-order valence-corrected chi connectivity index (χ4v) is 3.99. The minimum absolute atomic E-state index is 0.0595. The Bertz CT molecular complexity index is 1060. The molecule has 0 saturated carbocycles. The van der Waals surface area contributed by atoms with Crippen LogP contribution in [0.4, 0.5) is 0 Å². The molecule has 1 aliphatic heterocycles. The lowest BCUT2D eigenvalue weighted by atomic mass is 9.98. The number of imidazole rings is 1. The van der Waals surface area contributed by atoms with E-state index in [-0.39, 0.29) is 23.6 Å². The molecule has 154 valence electrons. The van der Waals surface area contributed by atoms with Gasteiger partial charge in [0.1, 0.15) is 11.5 Å². The molecule has 1 aromatic heterocycles. The third-order valence-electron chi connectivity index (χ3n) is 5.46. The average molecular weight is 404 g/mol. The van der Waals surface area contributed by atoms with Crippen molar-refractivity contribution in [3.05, 3.63) is 77.9 Å². The third-order valence-corrected chi connectivity index (χ3v) is 5.46. The van der Waals surface area contributed by atoms with Gasteiger partial charge >= 0.3 is 0 Å². The summed E-state index contributed by atoms with van der Waals surface area (Å²) in [6.07, 6.45) is 1.62. The van der Waals surface area contributed by atoms with Gasteiger partial charge in [0.05, 0.1) is 6.04 Å². The van der Waals surface area contributed by atoms with Gasteiger partial charge in [0.2, 0.25) is 0 Å². The molecule has 0 fully saturated rings. The molecule has 2 amide bonds. The summed E-state index contributed by atoms with van der Waals surface area (Å²) in [5.74, 6) is 0.0395. The number of hydrogen-bond acceptors (Lipinski definition) is 4. The van der Waals surface area contributed by atoms with Crippen molar-refractivity contribution < 1.29 is 14.8 Å². The molecule has 0 radical (unpaired) electrons. The summed E-state index contributed by atoms with van der Waals surface area (Å²) in [6.45, 7) is 5.11. The minimum atomic E-state index is -0.659. The highest BCUT2D eigenvalue weighted by Gasteiger charge is 2.36. The number of benzene rings is 2. The molecule has 2 heterocycles. The van der Waals surface area contributed by atoms with Crippen molar-refractivity contribution in [1.82, 2.24) is 19.9 Å². The standard InChI is InChI=1S/C23H24N4O3/c1-15(2)20-21-24-19(22(28)25-30)14-26(21)12-13-27(20)23(29)18-10-8-17(9-11-18)16-6-4-3-5-7-16/h3-11,14-15,20,30H,12-13H2,1-2H3,(H,25,28). The van der Waals surface area contributed by atoms with Crippen molar-refractivity contribution in [1.29, 1.82) is 0 Å². The van der Waals surface area contributed by atoms with Crippen LogP contribution >= 0.6 is 0 Å². The number of nitrogens with one attached hydrogen (secondary N) is 1. The summed E-state index contributed by atoms with van der Waals surface area (Å²) in [4.78, 5) is 31.3. The molecule has 1 atom stereocenters. The van der Waals surface area contributed by atoms with E-state index >= 15 is 0 Å². The second-order valence-corrected chi connectivity index (χ2v) is 7.75. The molecule has 2 N–H and O–H groups in total. The number of aromatic nitrogens is 2. The maximum absolute atomic E-state index is 13.3. The van der Waals surface area contributed by atoms with Crippen LogP contribution in [-0.2, 0) is 6.54 Å². The molecular formula is C23H24N4O3. The van der Waals surface area contributed by atoms with Crippen LogP contribution in [0.1, 0.15) is 46.6 Å². The fraction of sp³-hybridized carbons (Fsp3) is 0.261. The molecule has 0 saturated heterocycles. The van der Waals surface area contributed by atoms with Crippen LogP contribution in [0.2, 0.25) is 0 Å². The zero-order valence-corrected chi connectivity index (χ0v) is 16.9. The Kier molecular flexibility index (Phi) is 5.37. The van der Waals surface area contributed by atoms with E-state index in [0.717, 1.165) is 11.1 Å². The van der Waals surface area contributed by atoms with E-state index in [4.69, 9.17) is 5.21 Å². The van der Waals surface area contributed by atoms with E-state index in [2.05, 4.69) is 4.98 Å². The highest BCUT2D eigenvalue weighted by Crippen LogP contribution is 2.33. The second-order valence-electron chi connectivity index (χ2n) is 7.75. The predicted molar refractivity (Wildman–Crippen MR) is 112 cm³/mol. The molecule has 3 aromatic rings. The number of nitrogens with zero attached hydrogens (tertiary/aromatic N) is 3. The van der Waals surface area contributed by atoms with Crippen LogP contribution in [0.25, 0.3) is 11.1 Å². The van der Waals surface area contributed by atoms with E-state index in [1.165, 1.54) is 0 Å². The van der Waals surface area contributed by atoms with Crippen LogP contribution in [0, 0.1) is 5.92 Å². The lowest BCUT2D eigenvalue weighted by Crippen LogP contribution is -2.44. The van der Waals surface area contributed by atoms with Crippen molar-refractivity contribution in [2.24, 2.45) is 5.92 Å². The second kappa shape index (κ2) is 8.12. The van der Waals surface area contributed by atoms with E-state index in [1.807, 2.05) is 77.9 Å². The van der Waals surface area contributed by atoms with Crippen molar-refractivity contribution in [2.75, 3.05) is 6.54 Å². The number of fused-ring (bicyclic) bond motifs is 1. The van der Waals surface area contributed by atoms with E-state index < -0.39 is 5.91 Å². The quantitative estimate of drug-likeness (QED) is 0.514. The van der Waals surface area contributed by atoms with Gasteiger partial charge in [-0.2, -0.15) is 0 Å². The summed E-state index contributed by atoms with van der Waals surface area (Å²) in [6, 6.07) is 17.4. The predicted octanol–water partition coefficient (Wildman–Crippen LogP) is 3.52. The number of rotatable bonds is 4. The first-order valence-corrected chi connectivity index (χ1v) is 9.97. The maximum atomic E-state index is 13.3. The van der Waals surface area contributed by atoms with Gasteiger partial charge in [0, 0.05) is 24.8 Å². The highest BCUT2D eigenvalue weighted by molar-refractivity contribution is 5.95. The Morgan fingerprint density at radius 1 is 1.03 bits per heavy atom. The van der Waals surface area contributed by atoms with Gasteiger partial charge in [-0.15, -0.1) is 0 Å². The highest BCUT2D eigenvalue weighted by atomic mass is 16.5. The Labute approximate surface area is 174 Å². The molecule has 1 aliphatic rings. The van der Waals surface area contributed by atoms with Crippen LogP contribution in [-0.4, -0.2) is 38.0 Å². The third kappa shape index (κ3) is 3.59. The van der Waals surface area contributed by atoms with Crippen molar-refractivity contribution in [2.45, 2.75) is 26.4 Å². The number of carbonyl (C=O) groups is 2. The monoisotopic (exact) mass is 404 g/mol. The fourth-order valence-electron chi connectivity index (χ4n) is 3.99. The van der Waals surface area contributed by atoms with Gasteiger partial charge < -0.3 is 9.47 Å². The number of amides is 2. The van der Waals surface area contributed by atoms with Gasteiger partial charge in [-0.05, 0) is 29.2 Å². The molecular weight excluding hydrogens is 380 g/mol. The lowest BCUT2D eigenvalue weighted by molar-refractivity contribution is 0.0546. The van der Waals surface area contributed by atoms with E-state index in [0.29, 0.717) is 24.5 Å². The molecule has 4 rings (SSSR count). The Balaban J connectivity index is 1.62. The van der Waals surface area contributed by atoms with Gasteiger partial charge in [-0.3, -0.25) is 14.8 Å². The SMILES string of the molecule is CC(C)C1c2nc(C(=O)NO)cn2CCN1C(=O)c1ccc(-c2ccccc2)cc1. The Morgan fingerprint density at radius 3 is 2.33 bits per heavy atom. The van der Waals surface area contributed by atoms with E-state index in [1.54, 1.807) is 11.7 Å². The average Bonchev–Trinajstić information content (AvgIpc) is 3.22. The largest absolute Gasteiger partial charge is 0.331 e. The van der Waals surface area contributed by atoms with E-state index in [9.17, 15) is 9.59 Å². The van der Waals surface area contributed by atoms with Crippen molar-refractivity contribution in [3.63, 3.8) is 0 Å². The molecule has 30 heavy (non-hydrogen) atoms. The van der Waals surface area contributed by atoms with Crippen molar-refractivity contribution >= 4 is 11.8 Å². The Morgan fingerprint density at radius 2 is 1.70 bits per heavy atom. The van der Waals surface area contributed by atoms with Crippen LogP contribution in [0.15, 0.2) is 60.8 Å². The summed E-state index contributed by atoms with van der Waals surface area (Å²) >= 11 is 0. The first kappa shape index (κ1) is 19.8. The minimum Gasteiger partial charge on any atom is -0.331 e. The first-order valence-electron chi connectivity index (χ1n) is 9.97. The van der Waals surface area contributed by atoms with Crippen LogP contribution in [0.3, 0.4) is 0 Å². The topological polar surface area (TPSA) is 87.5 Å². The van der Waals surface area contributed by atoms with Gasteiger partial charge in [0.25, 0.3) is 11.8 Å². The summed E-state index contributed by atoms with van der Waals surface area (Å²) < 4.78 is 1.89. The molecule has 7 nitrogen and oxygen atoms in total. The summed E-state index contributed by atoms with van der Waals surface area (Å²) in [5.41, 5.74) is 4.54. The van der Waals surface area contributed by atoms with Gasteiger partial charge in [-0.1, -0.05) is 56.3 Å². The molecule has 7 heteroatoms. The molecule has 1 unspecified atom stereocenters. The smallest absolute Gasteiger partial charge is 0.294 e. The zero-order chi connectivity index (χ0) is 21.3. The maximum Gasteiger partial charge on any atom is 0.294 e. The van der Waals surface area contributed by atoms with Gasteiger partial charge in [0.15, 0.2) is 0 Å². The molecule has 0 bridgehead atoms. The number of hydroxylamine groups is 1. The normalized spacial score (nSPS) is 15.7. The lowest BCUT2D eigenvalue weighted by Gasteiger charge is -2.38. The first-order chi connectivity index (χ1) is 14.5. The summed E-state index contributed by atoms with van der Waals surface area (Å²) in [7, 11) is 0. The molecule has 0 spiro atoms. The Hall–Kier alpha value is -3.45. The molecule has 0 aliphatic carbocycles. The van der Waals surface area contributed by atoms with Crippen LogP contribution < -0.4 is 5.48 Å². The zero-order valence-electron chi connectivity index (χ0n) is 16.9.